The lowest BCUT2D eigenvalue weighted by Gasteiger charge is -2.19. The van der Waals surface area contributed by atoms with Gasteiger partial charge in [0, 0.05) is 5.56 Å². The Morgan fingerprint density at radius 2 is 1.89 bits per heavy atom. The molecule has 6 nitrogen and oxygen atoms in total. The van der Waals surface area contributed by atoms with Crippen molar-refractivity contribution < 1.29 is 9.59 Å². The van der Waals surface area contributed by atoms with Gasteiger partial charge in [0.05, 0.1) is 24.6 Å². The van der Waals surface area contributed by atoms with Crippen LogP contribution in [0.1, 0.15) is 31.2 Å². The maximum atomic E-state index is 12.2. The molecule has 0 aromatic carbocycles. The fraction of sp³-hybridized carbons (Fsp3) is 0.583. The molecule has 0 spiro atoms. The Morgan fingerprint density at radius 1 is 1.28 bits per heavy atom. The largest absolute Gasteiger partial charge is 0.384 e. The average molecular weight is 248 g/mol. The summed E-state index contributed by atoms with van der Waals surface area (Å²) in [5, 5.41) is 6.42. The van der Waals surface area contributed by atoms with E-state index in [2.05, 4.69) is 10.2 Å². The quantitative estimate of drug-likeness (QED) is 0.752. The van der Waals surface area contributed by atoms with Crippen molar-refractivity contribution in [2.45, 2.75) is 32.2 Å². The number of imide groups is 1. The third-order valence-corrected chi connectivity index (χ3v) is 4.01. The highest BCUT2D eigenvalue weighted by atomic mass is 16.2. The Hall–Kier alpha value is -1.85. The third kappa shape index (κ3) is 1.60. The highest BCUT2D eigenvalue weighted by Gasteiger charge is 2.48. The zero-order chi connectivity index (χ0) is 12.7. The van der Waals surface area contributed by atoms with Gasteiger partial charge in [-0.05, 0) is 12.8 Å². The Kier molecular flexibility index (Phi) is 2.57. The Labute approximate surface area is 105 Å². The summed E-state index contributed by atoms with van der Waals surface area (Å²) < 4.78 is 0. The molecule has 3 rings (SSSR count). The molecule has 3 N–H and O–H groups in total. The molecule has 1 saturated heterocycles. The van der Waals surface area contributed by atoms with Gasteiger partial charge in [0.25, 0.3) is 0 Å². The van der Waals surface area contributed by atoms with Gasteiger partial charge in [-0.2, -0.15) is 5.10 Å². The van der Waals surface area contributed by atoms with Gasteiger partial charge in [0.2, 0.25) is 11.8 Å². The van der Waals surface area contributed by atoms with Gasteiger partial charge >= 0.3 is 0 Å². The number of amides is 2. The number of hydrogen-bond donors (Lipinski definition) is 2. The van der Waals surface area contributed by atoms with Crippen LogP contribution in [0.15, 0.2) is 6.20 Å². The van der Waals surface area contributed by atoms with Crippen LogP contribution in [-0.2, 0) is 16.1 Å². The summed E-state index contributed by atoms with van der Waals surface area (Å²) in [6.07, 6.45) is 5.33. The second kappa shape index (κ2) is 4.12. The molecule has 2 fully saturated rings. The molecule has 2 amide bonds. The van der Waals surface area contributed by atoms with E-state index in [1.807, 2.05) is 0 Å². The molecule has 1 aromatic heterocycles. The van der Waals surface area contributed by atoms with Gasteiger partial charge in [-0.1, -0.05) is 12.8 Å². The zero-order valence-corrected chi connectivity index (χ0v) is 10.1. The monoisotopic (exact) mass is 248 g/mol. The lowest BCUT2D eigenvalue weighted by molar-refractivity contribution is -0.140. The molecular weight excluding hydrogens is 232 g/mol. The minimum Gasteiger partial charge on any atom is -0.384 e. The number of rotatable bonds is 2. The highest BCUT2D eigenvalue weighted by molar-refractivity contribution is 6.05. The van der Waals surface area contributed by atoms with E-state index in [-0.39, 0.29) is 30.2 Å². The average Bonchev–Trinajstić information content (AvgIpc) is 2.89. The number of nitrogen functional groups attached to an aromatic ring is 1. The number of nitrogens with zero attached hydrogens (tertiary/aromatic N) is 2. The number of carbonyl (C=O) groups is 2. The summed E-state index contributed by atoms with van der Waals surface area (Å²) in [7, 11) is 0. The smallest absolute Gasteiger partial charge is 0.233 e. The molecule has 6 heteroatoms. The molecule has 2 aliphatic rings. The minimum absolute atomic E-state index is 0.0368. The Morgan fingerprint density at radius 3 is 2.39 bits per heavy atom. The summed E-state index contributed by atoms with van der Waals surface area (Å²) in [6.45, 7) is 0.243. The molecule has 2 heterocycles. The topological polar surface area (TPSA) is 92.1 Å². The van der Waals surface area contributed by atoms with E-state index in [4.69, 9.17) is 5.73 Å². The SMILES string of the molecule is Nc1[nH]ncc1CN1C(=O)C2CCCCC2C1=O. The van der Waals surface area contributed by atoms with E-state index >= 15 is 0 Å². The number of anilines is 1. The van der Waals surface area contributed by atoms with Crippen molar-refractivity contribution in [3.05, 3.63) is 11.8 Å². The van der Waals surface area contributed by atoms with E-state index in [0.717, 1.165) is 25.7 Å². The zero-order valence-electron chi connectivity index (χ0n) is 10.1. The number of aromatic nitrogens is 2. The van der Waals surface area contributed by atoms with Crippen LogP contribution in [0.2, 0.25) is 0 Å². The Bertz CT molecular complexity index is 472. The molecule has 1 aliphatic carbocycles. The van der Waals surface area contributed by atoms with Crippen LogP contribution >= 0.6 is 0 Å². The van der Waals surface area contributed by atoms with E-state index in [9.17, 15) is 9.59 Å². The van der Waals surface area contributed by atoms with Gasteiger partial charge in [-0.3, -0.25) is 19.6 Å². The van der Waals surface area contributed by atoms with Gasteiger partial charge in [0.15, 0.2) is 0 Å². The number of nitrogens with two attached hydrogens (primary N) is 1. The van der Waals surface area contributed by atoms with Crippen LogP contribution in [0, 0.1) is 11.8 Å². The fourth-order valence-corrected chi connectivity index (χ4v) is 3.00. The number of nitrogens with one attached hydrogen (secondary N) is 1. The van der Waals surface area contributed by atoms with Crippen molar-refractivity contribution in [3.8, 4) is 0 Å². The number of H-pyrrole nitrogens is 1. The molecule has 18 heavy (non-hydrogen) atoms. The predicted molar refractivity (Wildman–Crippen MR) is 64.0 cm³/mol. The first-order valence-corrected chi connectivity index (χ1v) is 6.31. The second-order valence-electron chi connectivity index (χ2n) is 5.07. The van der Waals surface area contributed by atoms with Gasteiger partial charge in [-0.25, -0.2) is 0 Å². The van der Waals surface area contributed by atoms with E-state index in [1.54, 1.807) is 6.20 Å². The summed E-state index contributed by atoms with van der Waals surface area (Å²) in [6, 6.07) is 0. The van der Waals surface area contributed by atoms with Crippen LogP contribution in [0.3, 0.4) is 0 Å². The van der Waals surface area contributed by atoms with E-state index in [0.29, 0.717) is 11.4 Å². The molecule has 0 bridgehead atoms. The number of hydrogen-bond acceptors (Lipinski definition) is 4. The van der Waals surface area contributed by atoms with E-state index < -0.39 is 0 Å². The minimum atomic E-state index is -0.0978. The molecule has 2 unspecified atom stereocenters. The van der Waals surface area contributed by atoms with Crippen LogP contribution in [-0.4, -0.2) is 26.9 Å². The molecular formula is C12H16N4O2. The number of carbonyl (C=O) groups excluding carboxylic acids is 2. The van der Waals surface area contributed by atoms with Crippen LogP contribution in [0.5, 0.6) is 0 Å². The van der Waals surface area contributed by atoms with Crippen molar-refractivity contribution in [1.82, 2.24) is 15.1 Å². The molecule has 1 aromatic rings. The van der Waals surface area contributed by atoms with Gasteiger partial charge in [-0.15, -0.1) is 0 Å². The van der Waals surface area contributed by atoms with Crippen LogP contribution < -0.4 is 5.73 Å². The van der Waals surface area contributed by atoms with Crippen LogP contribution in [0.4, 0.5) is 5.82 Å². The summed E-state index contributed by atoms with van der Waals surface area (Å²) in [5.41, 5.74) is 6.39. The van der Waals surface area contributed by atoms with Gasteiger partial charge < -0.3 is 5.73 Å². The Balaban J connectivity index is 1.82. The predicted octanol–water partition coefficient (Wildman–Crippen LogP) is 0.667. The van der Waals surface area contributed by atoms with Gasteiger partial charge in [0.1, 0.15) is 5.82 Å². The fourth-order valence-electron chi connectivity index (χ4n) is 3.00. The first kappa shape index (κ1) is 11.3. The maximum absolute atomic E-state index is 12.2. The van der Waals surface area contributed by atoms with Crippen molar-refractivity contribution in [1.29, 1.82) is 0 Å². The molecule has 1 aliphatic heterocycles. The molecule has 1 saturated carbocycles. The number of aromatic amines is 1. The highest BCUT2D eigenvalue weighted by Crippen LogP contribution is 2.38. The molecule has 2 atom stereocenters. The standard InChI is InChI=1S/C12H16N4O2/c13-10-7(5-14-15-10)6-16-11(17)8-3-1-2-4-9(8)12(16)18/h5,8-9H,1-4,6H2,(H3,13,14,15). The maximum Gasteiger partial charge on any atom is 0.233 e. The van der Waals surface area contributed by atoms with Crippen LogP contribution in [0.25, 0.3) is 0 Å². The third-order valence-electron chi connectivity index (χ3n) is 4.01. The lowest BCUT2D eigenvalue weighted by Crippen LogP contribution is -2.30. The number of likely N-dealkylation sites (tertiary alicyclic amines) is 1. The normalized spacial score (nSPS) is 27.7. The first-order valence-electron chi connectivity index (χ1n) is 6.31. The summed E-state index contributed by atoms with van der Waals surface area (Å²) in [5.74, 6) is 0.153. The van der Waals surface area contributed by atoms with E-state index in [1.165, 1.54) is 4.90 Å². The van der Waals surface area contributed by atoms with Crippen molar-refractivity contribution in [2.75, 3.05) is 5.73 Å². The van der Waals surface area contributed by atoms with Crippen molar-refractivity contribution in [3.63, 3.8) is 0 Å². The second-order valence-corrected chi connectivity index (χ2v) is 5.07. The summed E-state index contributed by atoms with van der Waals surface area (Å²) in [4.78, 5) is 25.8. The van der Waals surface area contributed by atoms with Crippen molar-refractivity contribution in [2.24, 2.45) is 11.8 Å². The summed E-state index contributed by atoms with van der Waals surface area (Å²) >= 11 is 0. The molecule has 96 valence electrons. The van der Waals surface area contributed by atoms with Crippen molar-refractivity contribution >= 4 is 17.6 Å². The lowest BCUT2D eigenvalue weighted by atomic mass is 9.81. The first-order chi connectivity index (χ1) is 8.68. The number of fused-ring (bicyclic) bond motifs is 1. The molecule has 0 radical (unpaired) electrons.